The highest BCUT2D eigenvalue weighted by Crippen LogP contribution is 2.30. The SMILES string of the molecule is Cc1ccccc1Cc1cccc(C2CCN(S(=O)(=O)c3cn(C)nc3C)CC2)n1. The first kappa shape index (κ1) is 20.8. The van der Waals surface area contributed by atoms with Crippen LogP contribution in [0, 0.1) is 13.8 Å². The summed E-state index contributed by atoms with van der Waals surface area (Å²) in [5.41, 5.74) is 5.23. The second-order valence-corrected chi connectivity index (χ2v) is 9.99. The Balaban J connectivity index is 1.46. The summed E-state index contributed by atoms with van der Waals surface area (Å²) in [4.78, 5) is 5.22. The van der Waals surface area contributed by atoms with E-state index < -0.39 is 10.0 Å². The second kappa shape index (κ2) is 8.32. The zero-order valence-electron chi connectivity index (χ0n) is 17.7. The first-order valence-electron chi connectivity index (χ1n) is 10.4. The minimum absolute atomic E-state index is 0.281. The van der Waals surface area contributed by atoms with Gasteiger partial charge in [0.15, 0.2) is 0 Å². The van der Waals surface area contributed by atoms with Gasteiger partial charge in [-0.05, 0) is 49.9 Å². The molecule has 1 aliphatic heterocycles. The first-order chi connectivity index (χ1) is 14.3. The van der Waals surface area contributed by atoms with Crippen LogP contribution in [0.5, 0.6) is 0 Å². The van der Waals surface area contributed by atoms with Gasteiger partial charge in [-0.15, -0.1) is 0 Å². The third kappa shape index (κ3) is 4.18. The van der Waals surface area contributed by atoms with Crippen LogP contribution in [0.3, 0.4) is 0 Å². The highest BCUT2D eigenvalue weighted by Gasteiger charge is 2.32. The standard InChI is InChI=1S/C23H28N4O2S/c1-17-7-4-5-8-20(17)15-21-9-6-10-22(24-21)19-11-13-27(14-12-19)30(28,29)23-16-26(3)25-18(23)2/h4-10,16,19H,11-15H2,1-3H3. The molecule has 0 amide bonds. The summed E-state index contributed by atoms with van der Waals surface area (Å²) in [5.74, 6) is 0.281. The number of sulfonamides is 1. The summed E-state index contributed by atoms with van der Waals surface area (Å²) in [6.07, 6.45) is 3.96. The van der Waals surface area contributed by atoms with Gasteiger partial charge < -0.3 is 0 Å². The van der Waals surface area contributed by atoms with E-state index >= 15 is 0 Å². The lowest BCUT2D eigenvalue weighted by Gasteiger charge is -2.31. The minimum Gasteiger partial charge on any atom is -0.274 e. The molecule has 6 nitrogen and oxygen atoms in total. The van der Waals surface area contributed by atoms with Crippen LogP contribution in [0.4, 0.5) is 0 Å². The highest BCUT2D eigenvalue weighted by atomic mass is 32.2. The number of hydrogen-bond acceptors (Lipinski definition) is 4. The third-order valence-electron chi connectivity index (χ3n) is 5.92. The van der Waals surface area contributed by atoms with E-state index in [9.17, 15) is 8.42 Å². The number of benzene rings is 1. The predicted octanol–water partition coefficient (Wildman–Crippen LogP) is 3.59. The molecule has 2 aromatic heterocycles. The van der Waals surface area contributed by atoms with Crippen molar-refractivity contribution in [3.63, 3.8) is 0 Å². The molecule has 1 fully saturated rings. The van der Waals surface area contributed by atoms with Crippen LogP contribution in [-0.4, -0.2) is 40.6 Å². The van der Waals surface area contributed by atoms with E-state index in [1.54, 1.807) is 29.2 Å². The third-order valence-corrected chi connectivity index (χ3v) is 7.92. The minimum atomic E-state index is -3.50. The molecule has 0 atom stereocenters. The van der Waals surface area contributed by atoms with Crippen LogP contribution in [0.1, 0.15) is 47.0 Å². The van der Waals surface area contributed by atoms with Gasteiger partial charge in [-0.25, -0.2) is 8.42 Å². The van der Waals surface area contributed by atoms with Crippen LogP contribution < -0.4 is 0 Å². The zero-order valence-corrected chi connectivity index (χ0v) is 18.6. The fourth-order valence-electron chi connectivity index (χ4n) is 4.19. The summed E-state index contributed by atoms with van der Waals surface area (Å²) in [5, 5.41) is 4.19. The largest absolute Gasteiger partial charge is 0.274 e. The lowest BCUT2D eigenvalue weighted by Crippen LogP contribution is -2.38. The molecule has 1 saturated heterocycles. The van der Waals surface area contributed by atoms with Crippen molar-refractivity contribution >= 4 is 10.0 Å². The van der Waals surface area contributed by atoms with Crippen LogP contribution in [0.2, 0.25) is 0 Å². The molecule has 0 unspecified atom stereocenters. The summed E-state index contributed by atoms with van der Waals surface area (Å²) in [6, 6.07) is 14.6. The van der Waals surface area contributed by atoms with Gasteiger partial charge in [0.25, 0.3) is 0 Å². The molecule has 1 aromatic carbocycles. The monoisotopic (exact) mass is 424 g/mol. The normalized spacial score (nSPS) is 16.1. The van der Waals surface area contributed by atoms with Gasteiger partial charge in [0.2, 0.25) is 10.0 Å². The number of nitrogens with zero attached hydrogens (tertiary/aromatic N) is 4. The molecule has 1 aliphatic rings. The average molecular weight is 425 g/mol. The average Bonchev–Trinajstić information content (AvgIpc) is 3.09. The Hall–Kier alpha value is -2.51. The highest BCUT2D eigenvalue weighted by molar-refractivity contribution is 7.89. The number of piperidine rings is 1. The topological polar surface area (TPSA) is 68.1 Å². The molecule has 30 heavy (non-hydrogen) atoms. The van der Waals surface area contributed by atoms with Gasteiger partial charge in [0, 0.05) is 50.1 Å². The van der Waals surface area contributed by atoms with Crippen LogP contribution in [-0.2, 0) is 23.5 Å². The van der Waals surface area contributed by atoms with Gasteiger partial charge in [-0.2, -0.15) is 9.40 Å². The van der Waals surface area contributed by atoms with E-state index in [2.05, 4.69) is 54.5 Å². The van der Waals surface area contributed by atoms with Crippen LogP contribution in [0.25, 0.3) is 0 Å². The fourth-order valence-corrected chi connectivity index (χ4v) is 5.86. The number of rotatable bonds is 5. The molecule has 0 N–H and O–H groups in total. The van der Waals surface area contributed by atoms with E-state index in [1.807, 2.05) is 0 Å². The molecule has 0 radical (unpaired) electrons. The van der Waals surface area contributed by atoms with Crippen LogP contribution >= 0.6 is 0 Å². The number of hydrogen-bond donors (Lipinski definition) is 0. The van der Waals surface area contributed by atoms with Crippen molar-refractivity contribution in [2.75, 3.05) is 13.1 Å². The Labute approximate surface area is 178 Å². The summed E-state index contributed by atoms with van der Waals surface area (Å²) in [7, 11) is -1.76. The molecular formula is C23H28N4O2S. The van der Waals surface area contributed by atoms with Crippen molar-refractivity contribution in [2.24, 2.45) is 7.05 Å². The Morgan fingerprint density at radius 2 is 1.77 bits per heavy atom. The van der Waals surface area contributed by atoms with Crippen LogP contribution in [0.15, 0.2) is 53.6 Å². The Kier molecular flexibility index (Phi) is 5.75. The molecule has 0 aliphatic carbocycles. The van der Waals surface area contributed by atoms with E-state index in [-0.39, 0.29) is 5.92 Å². The maximum absolute atomic E-state index is 13.0. The van der Waals surface area contributed by atoms with Gasteiger partial charge in [-0.3, -0.25) is 9.67 Å². The number of aryl methyl sites for hydroxylation is 3. The van der Waals surface area contributed by atoms with E-state index in [1.165, 1.54) is 11.1 Å². The Bertz CT molecular complexity index is 1150. The summed E-state index contributed by atoms with van der Waals surface area (Å²) < 4.78 is 29.2. The Morgan fingerprint density at radius 3 is 2.43 bits per heavy atom. The maximum Gasteiger partial charge on any atom is 0.246 e. The predicted molar refractivity (Wildman–Crippen MR) is 117 cm³/mol. The second-order valence-electron chi connectivity index (χ2n) is 8.09. The molecular weight excluding hydrogens is 396 g/mol. The zero-order chi connectivity index (χ0) is 21.3. The molecule has 4 rings (SSSR count). The van der Waals surface area contributed by atoms with E-state index in [0.717, 1.165) is 30.7 Å². The van der Waals surface area contributed by atoms with Crippen molar-refractivity contribution in [3.8, 4) is 0 Å². The molecule has 0 bridgehead atoms. The molecule has 158 valence electrons. The Morgan fingerprint density at radius 1 is 1.03 bits per heavy atom. The van der Waals surface area contributed by atoms with Gasteiger partial charge in [0.1, 0.15) is 4.90 Å². The lowest BCUT2D eigenvalue weighted by atomic mass is 9.93. The maximum atomic E-state index is 13.0. The lowest BCUT2D eigenvalue weighted by molar-refractivity contribution is 0.316. The molecule has 0 saturated carbocycles. The molecule has 3 heterocycles. The summed E-state index contributed by atoms with van der Waals surface area (Å²) in [6.45, 7) is 4.87. The van der Waals surface area contributed by atoms with Crippen molar-refractivity contribution < 1.29 is 8.42 Å². The van der Waals surface area contributed by atoms with Crippen molar-refractivity contribution in [2.45, 2.75) is 43.9 Å². The summed E-state index contributed by atoms with van der Waals surface area (Å²) >= 11 is 0. The van der Waals surface area contributed by atoms with E-state index in [0.29, 0.717) is 23.7 Å². The smallest absolute Gasteiger partial charge is 0.246 e. The van der Waals surface area contributed by atoms with Gasteiger partial charge in [-0.1, -0.05) is 30.3 Å². The fraction of sp³-hybridized carbons (Fsp3) is 0.391. The molecule has 3 aromatic rings. The molecule has 7 heteroatoms. The quantitative estimate of drug-likeness (QED) is 0.628. The van der Waals surface area contributed by atoms with Gasteiger partial charge in [0.05, 0.1) is 5.69 Å². The van der Waals surface area contributed by atoms with Crippen molar-refractivity contribution in [3.05, 3.63) is 76.9 Å². The van der Waals surface area contributed by atoms with E-state index in [4.69, 9.17) is 4.98 Å². The number of pyridine rings is 1. The number of aromatic nitrogens is 3. The molecule has 0 spiro atoms. The van der Waals surface area contributed by atoms with Crippen molar-refractivity contribution in [1.82, 2.24) is 19.1 Å². The van der Waals surface area contributed by atoms with Gasteiger partial charge >= 0.3 is 0 Å². The van der Waals surface area contributed by atoms with Crippen molar-refractivity contribution in [1.29, 1.82) is 0 Å². The first-order valence-corrected chi connectivity index (χ1v) is 11.8.